The van der Waals surface area contributed by atoms with Gasteiger partial charge in [-0.3, -0.25) is 0 Å². The highest BCUT2D eigenvalue weighted by atomic mass is 14.9. The lowest BCUT2D eigenvalue weighted by atomic mass is 9.93. The van der Waals surface area contributed by atoms with Gasteiger partial charge in [-0.15, -0.1) is 6.42 Å². The minimum atomic E-state index is 0.752. The van der Waals surface area contributed by atoms with Crippen molar-refractivity contribution in [2.45, 2.75) is 31.8 Å². The Kier molecular flexibility index (Phi) is 2.86. The van der Waals surface area contributed by atoms with Crippen molar-refractivity contribution < 1.29 is 0 Å². The van der Waals surface area contributed by atoms with Gasteiger partial charge in [-0.25, -0.2) is 0 Å². The normalized spacial score (nSPS) is 15.9. The first-order valence-corrected chi connectivity index (χ1v) is 5.17. The highest BCUT2D eigenvalue weighted by Crippen LogP contribution is 2.18. The summed E-state index contributed by atoms with van der Waals surface area (Å²) in [6.07, 6.45) is 9.34. The van der Waals surface area contributed by atoms with Crippen LogP contribution in [0.3, 0.4) is 0 Å². The number of benzene rings is 1. The van der Waals surface area contributed by atoms with Gasteiger partial charge in [0.15, 0.2) is 0 Å². The first-order chi connectivity index (χ1) is 6.88. The van der Waals surface area contributed by atoms with E-state index in [1.807, 2.05) is 12.1 Å². The van der Waals surface area contributed by atoms with Crippen molar-refractivity contribution in [1.82, 2.24) is 5.32 Å². The van der Waals surface area contributed by atoms with Crippen molar-refractivity contribution in [1.29, 1.82) is 0 Å². The lowest BCUT2D eigenvalue weighted by molar-refractivity contribution is 0.338. The zero-order valence-corrected chi connectivity index (χ0v) is 8.29. The summed E-state index contributed by atoms with van der Waals surface area (Å²) in [6.45, 7) is 0.968. The summed E-state index contributed by atoms with van der Waals surface area (Å²) in [5.74, 6) is 2.62. The smallest absolute Gasteiger partial charge is 0.0242 e. The molecule has 0 unspecified atom stereocenters. The highest BCUT2D eigenvalue weighted by Gasteiger charge is 2.15. The van der Waals surface area contributed by atoms with Gasteiger partial charge in [-0.1, -0.05) is 24.5 Å². The van der Waals surface area contributed by atoms with Crippen LogP contribution < -0.4 is 5.32 Å². The van der Waals surface area contributed by atoms with Gasteiger partial charge in [0.05, 0.1) is 0 Å². The lowest BCUT2D eigenvalue weighted by Gasteiger charge is -2.26. The predicted octanol–water partition coefficient (Wildman–Crippen LogP) is 2.31. The van der Waals surface area contributed by atoms with E-state index in [1.54, 1.807) is 0 Å². The molecule has 0 aromatic heterocycles. The zero-order valence-electron chi connectivity index (χ0n) is 8.29. The van der Waals surface area contributed by atoms with Crippen molar-refractivity contribution in [3.63, 3.8) is 0 Å². The molecule has 0 atom stereocenters. The van der Waals surface area contributed by atoms with Crippen molar-refractivity contribution in [2.75, 3.05) is 0 Å². The van der Waals surface area contributed by atoms with Crippen LogP contribution >= 0.6 is 0 Å². The Labute approximate surface area is 85.5 Å². The maximum Gasteiger partial charge on any atom is 0.0242 e. The molecule has 0 amide bonds. The summed E-state index contributed by atoms with van der Waals surface area (Å²) in [7, 11) is 0. The third-order valence-electron chi connectivity index (χ3n) is 2.82. The van der Waals surface area contributed by atoms with Crippen molar-refractivity contribution >= 4 is 0 Å². The Hall–Kier alpha value is -1.26. The summed E-state index contributed by atoms with van der Waals surface area (Å²) in [6, 6.07) is 8.94. The van der Waals surface area contributed by atoms with E-state index >= 15 is 0 Å². The molecule has 0 aliphatic heterocycles. The zero-order chi connectivity index (χ0) is 9.80. The molecule has 1 N–H and O–H groups in total. The molecular formula is C13H15N. The average Bonchev–Trinajstić information content (AvgIpc) is 2.16. The van der Waals surface area contributed by atoms with Gasteiger partial charge in [0.2, 0.25) is 0 Å². The predicted molar refractivity (Wildman–Crippen MR) is 58.9 cm³/mol. The van der Waals surface area contributed by atoms with Crippen LogP contribution in [0.25, 0.3) is 0 Å². The van der Waals surface area contributed by atoms with Crippen molar-refractivity contribution in [3.8, 4) is 12.3 Å². The first-order valence-electron chi connectivity index (χ1n) is 5.17. The number of hydrogen-bond acceptors (Lipinski definition) is 1. The van der Waals surface area contributed by atoms with E-state index in [-0.39, 0.29) is 0 Å². The van der Waals surface area contributed by atoms with E-state index in [0.29, 0.717) is 0 Å². The first kappa shape index (κ1) is 9.30. The molecule has 2 rings (SSSR count). The SMILES string of the molecule is C#Cc1ccc(CNC2CCC2)cc1. The fourth-order valence-corrected chi connectivity index (χ4v) is 1.59. The molecule has 0 bridgehead atoms. The van der Waals surface area contributed by atoms with Gasteiger partial charge in [0.1, 0.15) is 0 Å². The fraction of sp³-hybridized carbons (Fsp3) is 0.385. The Balaban J connectivity index is 1.86. The molecular weight excluding hydrogens is 170 g/mol. The molecule has 1 aromatic carbocycles. The van der Waals surface area contributed by atoms with Gasteiger partial charge in [0, 0.05) is 18.2 Å². The van der Waals surface area contributed by atoms with Gasteiger partial charge in [-0.05, 0) is 30.5 Å². The summed E-state index contributed by atoms with van der Waals surface area (Å²) >= 11 is 0. The maximum atomic E-state index is 5.29. The Morgan fingerprint density at radius 3 is 2.50 bits per heavy atom. The summed E-state index contributed by atoms with van der Waals surface area (Å²) in [5, 5.41) is 3.52. The number of terminal acetylenes is 1. The Morgan fingerprint density at radius 2 is 2.00 bits per heavy atom. The molecule has 1 saturated carbocycles. The third-order valence-corrected chi connectivity index (χ3v) is 2.82. The molecule has 0 saturated heterocycles. The minimum Gasteiger partial charge on any atom is -0.310 e. The van der Waals surface area contributed by atoms with Crippen LogP contribution in [-0.2, 0) is 6.54 Å². The Bertz CT molecular complexity index is 327. The van der Waals surface area contributed by atoms with Crippen LogP contribution in [0.2, 0.25) is 0 Å². The topological polar surface area (TPSA) is 12.0 Å². The number of hydrogen-bond donors (Lipinski definition) is 1. The quantitative estimate of drug-likeness (QED) is 0.712. The van der Waals surface area contributed by atoms with E-state index in [4.69, 9.17) is 6.42 Å². The van der Waals surface area contributed by atoms with Gasteiger partial charge in [0.25, 0.3) is 0 Å². The standard InChI is InChI=1S/C13H15N/c1-2-11-6-8-12(9-7-11)10-14-13-4-3-5-13/h1,6-9,13-14H,3-5,10H2. The molecule has 0 spiro atoms. The fourth-order valence-electron chi connectivity index (χ4n) is 1.59. The molecule has 72 valence electrons. The van der Waals surface area contributed by atoms with Gasteiger partial charge in [-0.2, -0.15) is 0 Å². The third kappa shape index (κ3) is 2.16. The average molecular weight is 185 g/mol. The molecule has 1 aliphatic carbocycles. The maximum absolute atomic E-state index is 5.29. The van der Waals surface area contributed by atoms with Crippen LogP contribution in [0.5, 0.6) is 0 Å². The van der Waals surface area contributed by atoms with Crippen LogP contribution in [0.4, 0.5) is 0 Å². The van der Waals surface area contributed by atoms with E-state index in [9.17, 15) is 0 Å². The molecule has 1 heteroatoms. The molecule has 1 fully saturated rings. The number of rotatable bonds is 3. The molecule has 14 heavy (non-hydrogen) atoms. The van der Waals surface area contributed by atoms with E-state index in [2.05, 4.69) is 23.4 Å². The molecule has 0 radical (unpaired) electrons. The van der Waals surface area contributed by atoms with E-state index in [0.717, 1.165) is 18.2 Å². The molecule has 1 aliphatic rings. The molecule has 1 nitrogen and oxygen atoms in total. The van der Waals surface area contributed by atoms with E-state index in [1.165, 1.54) is 24.8 Å². The van der Waals surface area contributed by atoms with Crippen LogP contribution in [0.1, 0.15) is 30.4 Å². The lowest BCUT2D eigenvalue weighted by Crippen LogP contribution is -2.34. The Morgan fingerprint density at radius 1 is 1.29 bits per heavy atom. The monoisotopic (exact) mass is 185 g/mol. The van der Waals surface area contributed by atoms with Gasteiger partial charge < -0.3 is 5.32 Å². The second kappa shape index (κ2) is 4.30. The largest absolute Gasteiger partial charge is 0.310 e. The second-order valence-corrected chi connectivity index (χ2v) is 3.85. The molecule has 1 aromatic rings. The second-order valence-electron chi connectivity index (χ2n) is 3.85. The van der Waals surface area contributed by atoms with Crippen LogP contribution in [0, 0.1) is 12.3 Å². The minimum absolute atomic E-state index is 0.752. The van der Waals surface area contributed by atoms with Crippen molar-refractivity contribution in [2.24, 2.45) is 0 Å². The summed E-state index contributed by atoms with van der Waals surface area (Å²) in [4.78, 5) is 0. The highest BCUT2D eigenvalue weighted by molar-refractivity contribution is 5.34. The molecule has 0 heterocycles. The van der Waals surface area contributed by atoms with Gasteiger partial charge >= 0.3 is 0 Å². The number of nitrogens with one attached hydrogen (secondary N) is 1. The summed E-state index contributed by atoms with van der Waals surface area (Å²) in [5.41, 5.74) is 2.27. The summed E-state index contributed by atoms with van der Waals surface area (Å²) < 4.78 is 0. The van der Waals surface area contributed by atoms with Crippen LogP contribution in [0.15, 0.2) is 24.3 Å². The van der Waals surface area contributed by atoms with Crippen LogP contribution in [-0.4, -0.2) is 6.04 Å². The van der Waals surface area contributed by atoms with Crippen molar-refractivity contribution in [3.05, 3.63) is 35.4 Å². The van der Waals surface area contributed by atoms with E-state index < -0.39 is 0 Å².